The fourth-order valence-electron chi connectivity index (χ4n) is 1.27. The van der Waals surface area contributed by atoms with E-state index in [1.165, 1.54) is 13.2 Å². The lowest BCUT2D eigenvalue weighted by Gasteiger charge is -2.14. The fourth-order valence-corrected chi connectivity index (χ4v) is 1.85. The first-order chi connectivity index (χ1) is 7.02. The maximum Gasteiger partial charge on any atom is 0.208 e. The van der Waals surface area contributed by atoms with Crippen LogP contribution in [0.25, 0.3) is 0 Å². The summed E-state index contributed by atoms with van der Waals surface area (Å²) < 4.78 is 18.7. The first kappa shape index (κ1) is 12.3. The van der Waals surface area contributed by atoms with Crippen molar-refractivity contribution in [3.05, 3.63) is 21.9 Å². The molecule has 0 radical (unpaired) electrons. The quantitative estimate of drug-likeness (QED) is 0.893. The molecule has 0 aromatic heterocycles. The molecule has 3 nitrogen and oxygen atoms in total. The smallest absolute Gasteiger partial charge is 0.208 e. The third kappa shape index (κ3) is 2.23. The molecular formula is C10H12BrFO3. The predicted molar refractivity (Wildman–Crippen MR) is 57.8 cm³/mol. The summed E-state index contributed by atoms with van der Waals surface area (Å²) in [6.07, 6.45) is 0. The van der Waals surface area contributed by atoms with Crippen molar-refractivity contribution in [3.8, 4) is 11.5 Å². The highest BCUT2D eigenvalue weighted by Gasteiger charge is 2.20. The fraction of sp³-hybridized carbons (Fsp3) is 0.400. The van der Waals surface area contributed by atoms with Crippen LogP contribution in [0.5, 0.6) is 11.5 Å². The Morgan fingerprint density at radius 1 is 1.60 bits per heavy atom. The van der Waals surface area contributed by atoms with Gasteiger partial charge in [0.2, 0.25) is 5.82 Å². The average Bonchev–Trinajstić information content (AvgIpc) is 2.23. The van der Waals surface area contributed by atoms with Crippen molar-refractivity contribution in [2.45, 2.75) is 12.8 Å². The van der Waals surface area contributed by atoms with Crippen molar-refractivity contribution in [2.75, 3.05) is 13.7 Å². The van der Waals surface area contributed by atoms with E-state index in [4.69, 9.17) is 9.84 Å². The van der Waals surface area contributed by atoms with Gasteiger partial charge in [-0.3, -0.25) is 0 Å². The van der Waals surface area contributed by atoms with E-state index >= 15 is 0 Å². The molecule has 1 aromatic carbocycles. The summed E-state index contributed by atoms with van der Waals surface area (Å²) in [6, 6.07) is 1.54. The average molecular weight is 279 g/mol. The van der Waals surface area contributed by atoms with Gasteiger partial charge in [0, 0.05) is 18.1 Å². The molecule has 0 saturated heterocycles. The minimum Gasteiger partial charge on any atom is -0.505 e. The van der Waals surface area contributed by atoms with E-state index in [0.717, 1.165) is 0 Å². The lowest BCUT2D eigenvalue weighted by molar-refractivity contribution is 0.268. The van der Waals surface area contributed by atoms with Crippen LogP contribution >= 0.6 is 15.9 Å². The number of methoxy groups -OCH3 is 1. The van der Waals surface area contributed by atoms with Gasteiger partial charge >= 0.3 is 0 Å². The van der Waals surface area contributed by atoms with Crippen molar-refractivity contribution in [1.82, 2.24) is 0 Å². The summed E-state index contributed by atoms with van der Waals surface area (Å²) >= 11 is 3.13. The van der Waals surface area contributed by atoms with Crippen molar-refractivity contribution < 1.29 is 19.3 Å². The van der Waals surface area contributed by atoms with Gasteiger partial charge in [0.05, 0.1) is 11.6 Å². The summed E-state index contributed by atoms with van der Waals surface area (Å²) in [5.74, 6) is -1.66. The minimum atomic E-state index is -0.817. The molecule has 0 spiro atoms. The van der Waals surface area contributed by atoms with Crippen molar-refractivity contribution >= 4 is 15.9 Å². The molecule has 1 unspecified atom stereocenters. The first-order valence-corrected chi connectivity index (χ1v) is 5.17. The van der Waals surface area contributed by atoms with Crippen LogP contribution in [0.4, 0.5) is 4.39 Å². The van der Waals surface area contributed by atoms with Gasteiger partial charge < -0.3 is 14.9 Å². The van der Waals surface area contributed by atoms with E-state index in [1.54, 1.807) is 6.92 Å². The zero-order chi connectivity index (χ0) is 11.6. The molecular weight excluding hydrogens is 267 g/mol. The Balaban J connectivity index is 3.33. The van der Waals surface area contributed by atoms with Crippen LogP contribution in [-0.4, -0.2) is 23.9 Å². The number of aliphatic hydroxyl groups is 1. The van der Waals surface area contributed by atoms with Crippen LogP contribution in [-0.2, 0) is 0 Å². The number of phenolic OH excluding ortho intramolecular Hbond substituents is 1. The van der Waals surface area contributed by atoms with Crippen LogP contribution < -0.4 is 4.74 Å². The van der Waals surface area contributed by atoms with Gasteiger partial charge in [0.15, 0.2) is 11.5 Å². The molecule has 1 atom stereocenters. The Bertz CT molecular complexity index is 368. The molecule has 0 saturated carbocycles. The lowest BCUT2D eigenvalue weighted by atomic mass is 10.0. The molecule has 0 aliphatic rings. The molecule has 15 heavy (non-hydrogen) atoms. The van der Waals surface area contributed by atoms with E-state index in [0.29, 0.717) is 10.0 Å². The minimum absolute atomic E-state index is 0.0404. The second-order valence-corrected chi connectivity index (χ2v) is 4.08. The third-order valence-corrected chi connectivity index (χ3v) is 2.78. The molecule has 1 aromatic rings. The van der Waals surface area contributed by atoms with Crippen molar-refractivity contribution in [3.63, 3.8) is 0 Å². The monoisotopic (exact) mass is 278 g/mol. The summed E-state index contributed by atoms with van der Waals surface area (Å²) in [5, 5.41) is 18.5. The Morgan fingerprint density at radius 3 is 2.67 bits per heavy atom. The van der Waals surface area contributed by atoms with Crippen LogP contribution in [0.2, 0.25) is 0 Å². The van der Waals surface area contributed by atoms with Gasteiger partial charge in [-0.1, -0.05) is 6.92 Å². The Morgan fingerprint density at radius 2 is 2.20 bits per heavy atom. The van der Waals surface area contributed by atoms with Gasteiger partial charge in [0.25, 0.3) is 0 Å². The van der Waals surface area contributed by atoms with E-state index in [1.807, 2.05) is 0 Å². The second kappa shape index (κ2) is 4.81. The molecule has 5 heteroatoms. The SMILES string of the molecule is COc1c(Br)cc(C(C)CO)c(O)c1F. The van der Waals surface area contributed by atoms with Crippen molar-refractivity contribution in [1.29, 1.82) is 0 Å². The van der Waals surface area contributed by atoms with E-state index < -0.39 is 11.6 Å². The Labute approximate surface area is 95.6 Å². The number of benzene rings is 1. The molecule has 0 fully saturated rings. The van der Waals surface area contributed by atoms with Crippen LogP contribution in [0.3, 0.4) is 0 Å². The number of rotatable bonds is 3. The van der Waals surface area contributed by atoms with Gasteiger partial charge in [-0.05, 0) is 22.0 Å². The normalized spacial score (nSPS) is 12.6. The Hall–Kier alpha value is -0.810. The zero-order valence-electron chi connectivity index (χ0n) is 8.42. The molecule has 0 heterocycles. The Kier molecular flexibility index (Phi) is 3.93. The maximum absolute atomic E-state index is 13.5. The molecule has 0 aliphatic carbocycles. The highest BCUT2D eigenvalue weighted by atomic mass is 79.9. The summed E-state index contributed by atoms with van der Waals surface area (Å²) in [5.41, 5.74) is 0.350. The second-order valence-electron chi connectivity index (χ2n) is 3.23. The van der Waals surface area contributed by atoms with Crippen LogP contribution in [0, 0.1) is 5.82 Å². The topological polar surface area (TPSA) is 49.7 Å². The van der Waals surface area contributed by atoms with Crippen molar-refractivity contribution in [2.24, 2.45) is 0 Å². The number of halogens is 2. The highest BCUT2D eigenvalue weighted by Crippen LogP contribution is 2.39. The van der Waals surface area contributed by atoms with Crippen LogP contribution in [0.1, 0.15) is 18.4 Å². The zero-order valence-corrected chi connectivity index (χ0v) is 10.0. The summed E-state index contributed by atoms with van der Waals surface area (Å²) in [4.78, 5) is 0. The molecule has 84 valence electrons. The number of phenols is 1. The first-order valence-electron chi connectivity index (χ1n) is 4.38. The van der Waals surface area contributed by atoms with Gasteiger partial charge in [-0.15, -0.1) is 0 Å². The molecule has 0 bridgehead atoms. The van der Waals surface area contributed by atoms with Crippen LogP contribution in [0.15, 0.2) is 10.5 Å². The number of ether oxygens (including phenoxy) is 1. The largest absolute Gasteiger partial charge is 0.505 e. The molecule has 2 N–H and O–H groups in total. The number of hydrogen-bond donors (Lipinski definition) is 2. The molecule has 0 amide bonds. The summed E-state index contributed by atoms with van der Waals surface area (Å²) in [7, 11) is 1.32. The number of aromatic hydroxyl groups is 1. The standard InChI is InChI=1S/C10H12BrFO3/c1-5(4-13)6-3-7(11)10(15-2)8(12)9(6)14/h3,5,13-14H,4H2,1-2H3. The van der Waals surface area contributed by atoms with Gasteiger partial charge in [-0.25, -0.2) is 0 Å². The lowest BCUT2D eigenvalue weighted by Crippen LogP contribution is -2.02. The predicted octanol–water partition coefficient (Wildman–Crippen LogP) is 2.40. The van der Waals surface area contributed by atoms with Gasteiger partial charge in [0.1, 0.15) is 0 Å². The third-order valence-electron chi connectivity index (χ3n) is 2.19. The molecule has 0 aliphatic heterocycles. The molecule has 1 rings (SSSR count). The van der Waals surface area contributed by atoms with E-state index in [9.17, 15) is 9.50 Å². The van der Waals surface area contributed by atoms with E-state index in [2.05, 4.69) is 15.9 Å². The summed E-state index contributed by atoms with van der Waals surface area (Å²) in [6.45, 7) is 1.53. The van der Waals surface area contributed by atoms with E-state index in [-0.39, 0.29) is 18.3 Å². The number of aliphatic hydroxyl groups excluding tert-OH is 1. The highest BCUT2D eigenvalue weighted by molar-refractivity contribution is 9.10. The maximum atomic E-state index is 13.5. The number of hydrogen-bond acceptors (Lipinski definition) is 3. The van der Waals surface area contributed by atoms with Gasteiger partial charge in [-0.2, -0.15) is 4.39 Å².